The lowest BCUT2D eigenvalue weighted by molar-refractivity contribution is 0.473. The van der Waals surface area contributed by atoms with Crippen LogP contribution in [0.4, 0.5) is 34.1 Å². The van der Waals surface area contributed by atoms with E-state index in [-0.39, 0.29) is 29.2 Å². The van der Waals surface area contributed by atoms with Gasteiger partial charge in [-0.05, 0) is 106 Å². The zero-order chi connectivity index (χ0) is 33.0. The first-order valence-electron chi connectivity index (χ1n) is 16.4. The first-order chi connectivity index (χ1) is 23.2. The molecule has 2 atom stereocenters. The molecule has 0 aromatic heterocycles. The summed E-state index contributed by atoms with van der Waals surface area (Å²) in [4.78, 5) is 4.62. The van der Waals surface area contributed by atoms with Crippen molar-refractivity contribution in [1.82, 2.24) is 0 Å². The highest BCUT2D eigenvalue weighted by Crippen LogP contribution is 2.52. The third-order valence-corrected chi connectivity index (χ3v) is 9.31. The predicted octanol–water partition coefficient (Wildman–Crippen LogP) is 10.6. The Balaban J connectivity index is 1.26. The van der Waals surface area contributed by atoms with Crippen LogP contribution in [0, 0.1) is 0 Å². The molecule has 6 aromatic rings. The molecule has 48 heavy (non-hydrogen) atoms. The summed E-state index contributed by atoms with van der Waals surface area (Å²) >= 11 is 0. The summed E-state index contributed by atoms with van der Waals surface area (Å²) in [5, 5.41) is 28.3. The van der Waals surface area contributed by atoms with Crippen molar-refractivity contribution in [3.05, 3.63) is 156 Å². The number of rotatable bonds is 5. The number of aromatic hydroxyl groups is 2. The second kappa shape index (κ2) is 11.4. The highest BCUT2D eigenvalue weighted by atomic mass is 16.3. The molecule has 2 aliphatic rings. The zero-order valence-electron chi connectivity index (χ0n) is 27.2. The maximum absolute atomic E-state index is 10.4. The number of nitrogens with one attached hydrogen (secondary N) is 2. The van der Waals surface area contributed by atoms with Crippen molar-refractivity contribution in [2.45, 2.75) is 38.5 Å². The first-order valence-corrected chi connectivity index (χ1v) is 16.4. The second-order valence-electron chi connectivity index (χ2n) is 13.6. The van der Waals surface area contributed by atoms with Crippen molar-refractivity contribution in [3.8, 4) is 22.6 Å². The van der Waals surface area contributed by atoms with E-state index >= 15 is 0 Å². The van der Waals surface area contributed by atoms with Crippen LogP contribution in [0.5, 0.6) is 11.5 Å². The molecular formula is C42H38N4O2. The third-order valence-electron chi connectivity index (χ3n) is 9.31. The Bertz CT molecular complexity index is 2120. The van der Waals surface area contributed by atoms with Crippen LogP contribution in [-0.4, -0.2) is 10.2 Å². The van der Waals surface area contributed by atoms with Gasteiger partial charge in [0.2, 0.25) is 0 Å². The number of phenolic OH excluding ortho intramolecular Hbond substituents is 2. The fourth-order valence-corrected chi connectivity index (χ4v) is 7.10. The fourth-order valence-electron chi connectivity index (χ4n) is 7.10. The van der Waals surface area contributed by atoms with Gasteiger partial charge >= 0.3 is 0 Å². The summed E-state index contributed by atoms with van der Waals surface area (Å²) in [6.45, 7) is 6.79. The summed E-state index contributed by atoms with van der Waals surface area (Å²) in [5.74, 6) is 0.488. The summed E-state index contributed by atoms with van der Waals surface area (Å²) in [6.07, 6.45) is -0.377. The van der Waals surface area contributed by atoms with Gasteiger partial charge in [-0.1, -0.05) is 87.5 Å². The van der Waals surface area contributed by atoms with E-state index in [2.05, 4.69) is 126 Å². The van der Waals surface area contributed by atoms with Gasteiger partial charge < -0.3 is 30.6 Å². The monoisotopic (exact) mass is 630 g/mol. The van der Waals surface area contributed by atoms with Gasteiger partial charge in [0, 0.05) is 11.4 Å². The van der Waals surface area contributed by atoms with Gasteiger partial charge in [0.15, 0.2) is 0 Å². The van der Waals surface area contributed by atoms with Crippen LogP contribution in [0.3, 0.4) is 0 Å². The van der Waals surface area contributed by atoms with E-state index in [1.54, 1.807) is 12.1 Å². The SMILES string of the molecule is CC(C)(C)c1cc2c(cc1-c1ccc3c(c1)NC(c1cccc(O)c1)N3c1ccccc1)NC(c1cccc(O)c1)N2c1ccccc1. The van der Waals surface area contributed by atoms with Crippen LogP contribution in [0.15, 0.2) is 140 Å². The normalized spacial score (nSPS) is 16.6. The van der Waals surface area contributed by atoms with Crippen LogP contribution < -0.4 is 20.4 Å². The number of hydrogen-bond acceptors (Lipinski definition) is 6. The lowest BCUT2D eigenvalue weighted by Gasteiger charge is -2.29. The van der Waals surface area contributed by atoms with Gasteiger partial charge in [-0.25, -0.2) is 0 Å². The number of benzene rings is 6. The van der Waals surface area contributed by atoms with E-state index in [1.165, 1.54) is 5.56 Å². The third kappa shape index (κ3) is 5.16. The summed E-state index contributed by atoms with van der Waals surface area (Å²) in [6, 6.07) is 47.0. The van der Waals surface area contributed by atoms with E-state index in [4.69, 9.17) is 0 Å². The van der Waals surface area contributed by atoms with Gasteiger partial charge in [0.05, 0.1) is 22.7 Å². The molecule has 2 unspecified atom stereocenters. The summed E-state index contributed by atoms with van der Waals surface area (Å²) in [5.41, 5.74) is 11.7. The first kappa shape index (κ1) is 29.5. The molecule has 0 radical (unpaired) electrons. The molecule has 2 heterocycles. The van der Waals surface area contributed by atoms with Crippen molar-refractivity contribution in [2.75, 3.05) is 20.4 Å². The number of nitrogens with zero attached hydrogens (tertiary/aromatic N) is 2. The quantitative estimate of drug-likeness (QED) is 0.152. The Hall–Kier alpha value is -5.88. The Morgan fingerprint density at radius 1 is 0.521 bits per heavy atom. The van der Waals surface area contributed by atoms with Crippen LogP contribution >= 0.6 is 0 Å². The summed E-state index contributed by atoms with van der Waals surface area (Å²) < 4.78 is 0. The van der Waals surface area contributed by atoms with E-state index in [1.807, 2.05) is 42.5 Å². The van der Waals surface area contributed by atoms with Crippen LogP contribution in [0.25, 0.3) is 11.1 Å². The molecule has 0 spiro atoms. The van der Waals surface area contributed by atoms with E-state index in [0.29, 0.717) is 0 Å². The van der Waals surface area contributed by atoms with E-state index in [0.717, 1.165) is 56.4 Å². The molecule has 0 saturated heterocycles. The molecule has 0 aliphatic carbocycles. The topological polar surface area (TPSA) is 71.0 Å². The predicted molar refractivity (Wildman–Crippen MR) is 197 cm³/mol. The lowest BCUT2D eigenvalue weighted by Crippen LogP contribution is -2.23. The minimum Gasteiger partial charge on any atom is -0.508 e. The van der Waals surface area contributed by atoms with Gasteiger partial charge in [-0.15, -0.1) is 0 Å². The van der Waals surface area contributed by atoms with Gasteiger partial charge in [-0.3, -0.25) is 0 Å². The molecule has 2 aliphatic heterocycles. The molecule has 4 N–H and O–H groups in total. The molecule has 0 amide bonds. The number of hydrogen-bond donors (Lipinski definition) is 4. The molecule has 0 fully saturated rings. The smallest absolute Gasteiger partial charge is 0.130 e. The Morgan fingerprint density at radius 2 is 1.04 bits per heavy atom. The van der Waals surface area contributed by atoms with Gasteiger partial charge in [-0.2, -0.15) is 0 Å². The van der Waals surface area contributed by atoms with Crippen molar-refractivity contribution in [1.29, 1.82) is 0 Å². The molecule has 8 rings (SSSR count). The maximum atomic E-state index is 10.4. The van der Waals surface area contributed by atoms with E-state index < -0.39 is 0 Å². The number of para-hydroxylation sites is 2. The fraction of sp³-hybridized carbons (Fsp3) is 0.143. The molecule has 238 valence electrons. The van der Waals surface area contributed by atoms with Gasteiger partial charge in [0.1, 0.15) is 23.8 Å². The van der Waals surface area contributed by atoms with Crippen LogP contribution in [-0.2, 0) is 5.41 Å². The Morgan fingerprint density at radius 3 is 1.56 bits per heavy atom. The molecule has 6 aromatic carbocycles. The van der Waals surface area contributed by atoms with Crippen molar-refractivity contribution >= 4 is 34.1 Å². The number of anilines is 6. The van der Waals surface area contributed by atoms with E-state index in [9.17, 15) is 10.2 Å². The molecule has 6 nitrogen and oxygen atoms in total. The number of phenols is 2. The van der Waals surface area contributed by atoms with Crippen LogP contribution in [0.2, 0.25) is 0 Å². The average molecular weight is 631 g/mol. The largest absolute Gasteiger partial charge is 0.508 e. The Labute approximate surface area is 281 Å². The standard InChI is InChI=1S/C42H38N4O2/c1-42(2,3)35-26-39-37(44-41(29-13-11-19-33(48)23-29)46(39)31-16-8-5-9-17-31)25-34(35)27-20-21-38-36(24-27)43-40(28-12-10-18-32(47)22-28)45(38)30-14-6-4-7-15-30/h4-26,40-41,43-44,47-48H,1-3H3. The van der Waals surface area contributed by atoms with Gasteiger partial charge in [0.25, 0.3) is 0 Å². The highest BCUT2D eigenvalue weighted by molar-refractivity contribution is 5.92. The Kier molecular flexibility index (Phi) is 7.02. The minimum absolute atomic E-state index is 0.150. The molecule has 0 saturated carbocycles. The lowest BCUT2D eigenvalue weighted by atomic mass is 9.81. The van der Waals surface area contributed by atoms with Crippen LogP contribution in [0.1, 0.15) is 49.8 Å². The zero-order valence-corrected chi connectivity index (χ0v) is 27.2. The molecule has 6 heteroatoms. The minimum atomic E-state index is -0.193. The highest BCUT2D eigenvalue weighted by Gasteiger charge is 2.35. The second-order valence-corrected chi connectivity index (χ2v) is 13.6. The molecule has 0 bridgehead atoms. The average Bonchev–Trinajstić information content (AvgIpc) is 3.66. The summed E-state index contributed by atoms with van der Waals surface area (Å²) in [7, 11) is 0. The maximum Gasteiger partial charge on any atom is 0.130 e. The van der Waals surface area contributed by atoms with Crippen molar-refractivity contribution < 1.29 is 10.2 Å². The van der Waals surface area contributed by atoms with Crippen molar-refractivity contribution in [3.63, 3.8) is 0 Å². The van der Waals surface area contributed by atoms with Crippen molar-refractivity contribution in [2.24, 2.45) is 0 Å². The number of fused-ring (bicyclic) bond motifs is 2. The molecular weight excluding hydrogens is 592 g/mol.